The van der Waals surface area contributed by atoms with Crippen LogP contribution in [0.1, 0.15) is 21.7 Å². The molecule has 7 nitrogen and oxygen atoms in total. The number of aromatic nitrogens is 2. The lowest BCUT2D eigenvalue weighted by atomic mass is 10.2. The normalized spacial score (nSPS) is 11.4. The van der Waals surface area contributed by atoms with Crippen LogP contribution in [-0.2, 0) is 6.42 Å². The predicted octanol–water partition coefficient (Wildman–Crippen LogP) is 7.91. The van der Waals surface area contributed by atoms with Crippen LogP contribution in [0.3, 0.4) is 0 Å². The minimum absolute atomic E-state index is 0.534. The van der Waals surface area contributed by atoms with Crippen molar-refractivity contribution in [2.45, 2.75) is 20.3 Å². The third-order valence-electron chi connectivity index (χ3n) is 4.71. The summed E-state index contributed by atoms with van der Waals surface area (Å²) < 4.78 is 0. The molecule has 0 bridgehead atoms. The van der Waals surface area contributed by atoms with Gasteiger partial charge in [0, 0.05) is 6.42 Å². The quantitative estimate of drug-likeness (QED) is 0.216. The van der Waals surface area contributed by atoms with Gasteiger partial charge in [-0.25, -0.2) is 0 Å². The lowest BCUT2D eigenvalue weighted by Crippen LogP contribution is -1.85. The fraction of sp³-hybridized carbons (Fsp3) is 0.125. The highest BCUT2D eigenvalue weighted by Gasteiger charge is 2.05. The molecule has 8 heteroatoms. The molecule has 0 aliphatic rings. The van der Waals surface area contributed by atoms with Crippen molar-refractivity contribution in [3.8, 4) is 0 Å². The van der Waals surface area contributed by atoms with Gasteiger partial charge in [0.2, 0.25) is 0 Å². The second-order valence-corrected chi connectivity index (χ2v) is 8.18. The molecule has 0 N–H and O–H groups in total. The lowest BCUT2D eigenvalue weighted by Gasteiger charge is -2.02. The first-order valence-electron chi connectivity index (χ1n) is 9.98. The summed E-state index contributed by atoms with van der Waals surface area (Å²) >= 11 is 1.44. The van der Waals surface area contributed by atoms with Gasteiger partial charge in [-0.1, -0.05) is 41.7 Å². The molecule has 1 heterocycles. The Labute approximate surface area is 190 Å². The number of azo groups is 2. The van der Waals surface area contributed by atoms with E-state index in [1.807, 2.05) is 68.4 Å². The zero-order valence-electron chi connectivity index (χ0n) is 17.8. The largest absolute Gasteiger partial charge is 0.265 e. The molecule has 0 saturated heterocycles. The van der Waals surface area contributed by atoms with Crippen LogP contribution in [0.5, 0.6) is 0 Å². The smallest absolute Gasteiger partial charge is 0.251 e. The number of aryl methyl sites for hydroxylation is 2. The van der Waals surface area contributed by atoms with E-state index in [1.165, 1.54) is 16.9 Å². The Morgan fingerprint density at radius 3 is 2.09 bits per heavy atom. The van der Waals surface area contributed by atoms with Crippen molar-refractivity contribution in [2.24, 2.45) is 25.4 Å². The van der Waals surface area contributed by atoms with E-state index in [0.29, 0.717) is 5.13 Å². The Balaban J connectivity index is 1.43. The fourth-order valence-electron chi connectivity index (χ4n) is 3.00. The summed E-state index contributed by atoms with van der Waals surface area (Å²) in [7, 11) is 0. The van der Waals surface area contributed by atoms with Crippen molar-refractivity contribution in [1.29, 1.82) is 0 Å². The second kappa shape index (κ2) is 9.93. The van der Waals surface area contributed by atoms with E-state index < -0.39 is 0 Å². The second-order valence-electron chi connectivity index (χ2n) is 7.14. The monoisotopic (exact) mass is 439 g/mol. The van der Waals surface area contributed by atoms with E-state index in [2.05, 4.69) is 54.5 Å². The molecule has 0 aliphatic heterocycles. The summed E-state index contributed by atoms with van der Waals surface area (Å²) in [5.41, 5.74) is 6.23. The molecule has 32 heavy (non-hydrogen) atoms. The lowest BCUT2D eigenvalue weighted by molar-refractivity contribution is 0.990. The number of benzene rings is 3. The van der Waals surface area contributed by atoms with E-state index in [9.17, 15) is 0 Å². The van der Waals surface area contributed by atoms with E-state index in [0.717, 1.165) is 45.3 Å². The highest BCUT2D eigenvalue weighted by atomic mass is 32.1. The van der Waals surface area contributed by atoms with Gasteiger partial charge < -0.3 is 0 Å². The van der Waals surface area contributed by atoms with Crippen molar-refractivity contribution >= 4 is 45.9 Å². The van der Waals surface area contributed by atoms with E-state index >= 15 is 0 Å². The molecule has 4 aromatic rings. The molecule has 3 aromatic carbocycles. The van der Waals surface area contributed by atoms with Gasteiger partial charge in [-0.05, 0) is 73.7 Å². The van der Waals surface area contributed by atoms with Gasteiger partial charge in [0.1, 0.15) is 5.01 Å². The summed E-state index contributed by atoms with van der Waals surface area (Å²) in [4.78, 5) is 3.92. The van der Waals surface area contributed by atoms with E-state index in [-0.39, 0.29) is 0 Å². The molecular formula is C24H21N7S. The molecule has 0 radical (unpaired) electrons. The molecule has 0 atom stereocenters. The number of nitrogens with zero attached hydrogens (tertiary/aromatic N) is 7. The maximum atomic E-state index is 4.35. The molecule has 0 spiro atoms. The van der Waals surface area contributed by atoms with Crippen LogP contribution in [0.15, 0.2) is 92.2 Å². The van der Waals surface area contributed by atoms with Gasteiger partial charge in [-0.15, -0.1) is 20.4 Å². The van der Waals surface area contributed by atoms with Crippen molar-refractivity contribution in [2.75, 3.05) is 0 Å². The van der Waals surface area contributed by atoms with Crippen molar-refractivity contribution in [1.82, 2.24) is 10.2 Å². The predicted molar refractivity (Wildman–Crippen MR) is 129 cm³/mol. The maximum absolute atomic E-state index is 4.35. The first-order chi connectivity index (χ1) is 15.6. The van der Waals surface area contributed by atoms with Gasteiger partial charge in [0.15, 0.2) is 0 Å². The summed E-state index contributed by atoms with van der Waals surface area (Å²) in [6, 6.07) is 21.5. The van der Waals surface area contributed by atoms with Gasteiger partial charge in [-0.3, -0.25) is 4.99 Å². The van der Waals surface area contributed by atoms with E-state index in [4.69, 9.17) is 0 Å². The van der Waals surface area contributed by atoms with Gasteiger partial charge >= 0.3 is 0 Å². The molecular weight excluding hydrogens is 418 g/mol. The van der Waals surface area contributed by atoms with Crippen molar-refractivity contribution in [3.05, 3.63) is 88.4 Å². The number of rotatable bonds is 7. The molecule has 0 aliphatic carbocycles. The summed E-state index contributed by atoms with van der Waals surface area (Å²) in [5.74, 6) is 0. The summed E-state index contributed by atoms with van der Waals surface area (Å²) in [6.45, 7) is 7.47. The number of aliphatic imine (C=N–C) groups is 1. The van der Waals surface area contributed by atoms with Crippen molar-refractivity contribution < 1.29 is 0 Å². The Hall–Kier alpha value is -3.91. The zero-order chi connectivity index (χ0) is 22.3. The van der Waals surface area contributed by atoms with Gasteiger partial charge in [0.05, 0.1) is 22.7 Å². The fourth-order valence-corrected chi connectivity index (χ4v) is 3.69. The van der Waals surface area contributed by atoms with Crippen LogP contribution in [0.4, 0.5) is 27.9 Å². The highest BCUT2D eigenvalue weighted by molar-refractivity contribution is 7.14. The van der Waals surface area contributed by atoms with Crippen LogP contribution in [-0.4, -0.2) is 16.9 Å². The third-order valence-corrected chi connectivity index (χ3v) is 5.52. The minimum atomic E-state index is 0.534. The summed E-state index contributed by atoms with van der Waals surface area (Å²) in [5, 5.41) is 27.0. The Bertz CT molecular complexity index is 1290. The van der Waals surface area contributed by atoms with Crippen LogP contribution in [0.2, 0.25) is 0 Å². The summed E-state index contributed by atoms with van der Waals surface area (Å²) in [6.07, 6.45) is 0.735. The SMILES string of the molecule is C=Nc1ccc(/N=N/c2ccc(/N=N/c3nnc(Cc4ccccc4)s3)c(C)c2)c(C)c1. The Morgan fingerprint density at radius 1 is 0.750 bits per heavy atom. The standard InChI is InChI=1S/C24H21N7S/c1-16-13-19(25-3)9-11-21(16)27-26-20-10-12-22(17(2)14-20)28-30-24-31-29-23(32-24)15-18-7-5-4-6-8-18/h4-14H,3,15H2,1-2H3/b27-26+,30-28+. The van der Waals surface area contributed by atoms with Crippen molar-refractivity contribution in [3.63, 3.8) is 0 Å². The average Bonchev–Trinajstić information content (AvgIpc) is 3.25. The van der Waals surface area contributed by atoms with Crippen LogP contribution in [0.25, 0.3) is 0 Å². The molecule has 158 valence electrons. The molecule has 0 saturated carbocycles. The first kappa shape index (κ1) is 21.3. The van der Waals surface area contributed by atoms with Crippen LogP contribution < -0.4 is 0 Å². The van der Waals surface area contributed by atoms with E-state index in [1.54, 1.807) is 0 Å². The molecule has 0 unspecified atom stereocenters. The van der Waals surface area contributed by atoms with Crippen LogP contribution >= 0.6 is 11.3 Å². The van der Waals surface area contributed by atoms with Gasteiger partial charge in [0.25, 0.3) is 5.13 Å². The molecule has 0 fully saturated rings. The topological polar surface area (TPSA) is 87.6 Å². The first-order valence-corrected chi connectivity index (χ1v) is 10.8. The number of hydrogen-bond acceptors (Lipinski definition) is 8. The Kier molecular flexibility index (Phi) is 6.62. The Morgan fingerprint density at radius 2 is 1.41 bits per heavy atom. The number of hydrogen-bond donors (Lipinski definition) is 0. The van der Waals surface area contributed by atoms with Crippen LogP contribution in [0, 0.1) is 13.8 Å². The molecule has 1 aromatic heterocycles. The molecule has 4 rings (SSSR count). The minimum Gasteiger partial charge on any atom is -0.265 e. The van der Waals surface area contributed by atoms with Gasteiger partial charge in [-0.2, -0.15) is 10.2 Å². The average molecular weight is 440 g/mol. The molecule has 0 amide bonds. The maximum Gasteiger partial charge on any atom is 0.251 e. The highest BCUT2D eigenvalue weighted by Crippen LogP contribution is 2.30. The zero-order valence-corrected chi connectivity index (χ0v) is 18.6. The third kappa shape index (κ3) is 5.41.